The summed E-state index contributed by atoms with van der Waals surface area (Å²) in [6.45, 7) is -4.18. The number of imide groups is 1. The van der Waals surface area contributed by atoms with Crippen molar-refractivity contribution in [3.63, 3.8) is 0 Å². The molecular formula is C10H17N2O10P. The van der Waals surface area contributed by atoms with Gasteiger partial charge in [0.25, 0.3) is 5.91 Å². The van der Waals surface area contributed by atoms with Gasteiger partial charge in [-0.05, 0) is 6.85 Å². The van der Waals surface area contributed by atoms with Gasteiger partial charge >= 0.3 is 13.9 Å². The van der Waals surface area contributed by atoms with Crippen LogP contribution in [0.1, 0.15) is 17.4 Å². The molecule has 0 bridgehead atoms. The summed E-state index contributed by atoms with van der Waals surface area (Å²) in [6, 6.07) is -1.29. The van der Waals surface area contributed by atoms with Crippen molar-refractivity contribution in [3.8, 4) is 0 Å². The number of hydrogen-bond acceptors (Lipinski definition) is 8. The number of nitrogens with one attached hydrogen (secondary N) is 1. The summed E-state index contributed by atoms with van der Waals surface area (Å²) >= 11 is 0. The number of hydrogen-bond donors (Lipinski definition) is 6. The Labute approximate surface area is 134 Å². The lowest BCUT2D eigenvalue weighted by atomic mass is 10.00. The first-order chi connectivity index (χ1) is 11.7. The minimum atomic E-state index is -4.86. The molecule has 0 aliphatic carbocycles. The molecule has 13 heteroatoms. The average Bonchev–Trinajstić information content (AvgIpc) is 2.81. The van der Waals surface area contributed by atoms with Crippen molar-refractivity contribution in [3.05, 3.63) is 0 Å². The molecule has 23 heavy (non-hydrogen) atoms. The summed E-state index contributed by atoms with van der Waals surface area (Å²) in [5.74, 6) is -1.63. The van der Waals surface area contributed by atoms with Gasteiger partial charge in [0.15, 0.2) is 11.8 Å². The molecule has 0 aromatic heterocycles. The van der Waals surface area contributed by atoms with Crippen LogP contribution in [0.4, 0.5) is 4.79 Å². The number of carbonyl (C=O) groups excluding carboxylic acids is 2. The summed E-state index contributed by atoms with van der Waals surface area (Å²) in [5.41, 5.74) is -3.35. The fourth-order valence-electron chi connectivity index (χ4n) is 2.18. The quantitative estimate of drug-likeness (QED) is 0.285. The first-order valence-electron chi connectivity index (χ1n) is 7.76. The number of rotatable bonds is 4. The van der Waals surface area contributed by atoms with Crippen molar-refractivity contribution in [1.29, 1.82) is 0 Å². The highest BCUT2D eigenvalue weighted by Gasteiger charge is 2.53. The second-order valence-electron chi connectivity index (χ2n) is 5.03. The molecule has 2 rings (SSSR count). The Kier molecular flexibility index (Phi) is 3.76. The van der Waals surface area contributed by atoms with Gasteiger partial charge in [-0.2, -0.15) is 0 Å². The molecular weight excluding hydrogens is 339 g/mol. The van der Waals surface area contributed by atoms with Gasteiger partial charge in [-0.25, -0.2) is 9.36 Å². The van der Waals surface area contributed by atoms with Gasteiger partial charge in [0, 0.05) is 10.5 Å². The fraction of sp³-hybridized carbons (Fsp3) is 0.800. The van der Waals surface area contributed by atoms with Crippen molar-refractivity contribution in [1.82, 2.24) is 10.2 Å². The molecule has 2 unspecified atom stereocenters. The zero-order valence-corrected chi connectivity index (χ0v) is 12.3. The van der Waals surface area contributed by atoms with Crippen molar-refractivity contribution < 1.29 is 52.6 Å². The first-order valence-corrected chi connectivity index (χ1v) is 7.79. The number of carbonyl (C=O) groups is 2. The van der Waals surface area contributed by atoms with Crippen LogP contribution >= 0.6 is 7.82 Å². The van der Waals surface area contributed by atoms with E-state index in [0.29, 0.717) is 4.90 Å². The van der Waals surface area contributed by atoms with Crippen LogP contribution in [0, 0.1) is 0 Å². The van der Waals surface area contributed by atoms with E-state index in [1.807, 2.05) is 0 Å². The number of nitrogens with zero attached hydrogens (tertiary/aromatic N) is 1. The highest BCUT2D eigenvalue weighted by Crippen LogP contribution is 2.37. The molecule has 0 spiro atoms. The molecule has 0 aromatic carbocycles. The van der Waals surface area contributed by atoms with Crippen LogP contribution in [0.25, 0.3) is 0 Å². The van der Waals surface area contributed by atoms with Crippen LogP contribution < -0.4 is 5.32 Å². The maximum Gasteiger partial charge on any atom is 0.469 e. The Hall–Kier alpha value is -1.11. The number of phosphoric ester groups is 1. The zero-order chi connectivity index (χ0) is 20.1. The van der Waals surface area contributed by atoms with Crippen molar-refractivity contribution in [2.45, 2.75) is 43.5 Å². The minimum Gasteiger partial charge on any atom is -0.390 e. The summed E-state index contributed by atoms with van der Waals surface area (Å²) in [5, 5.41) is 31.8. The first kappa shape index (κ1) is 14.3. The van der Waals surface area contributed by atoms with Gasteiger partial charge in [0.1, 0.15) is 12.3 Å². The van der Waals surface area contributed by atoms with E-state index < -0.39 is 69.9 Å². The third-order valence-electron chi connectivity index (χ3n) is 3.36. The Bertz CT molecular complexity index is 641. The Morgan fingerprint density at radius 1 is 1.52 bits per heavy atom. The predicted octanol–water partition coefficient (Wildman–Crippen LogP) is -2.81. The number of aliphatic hydroxyl groups is 3. The normalized spacial score (nSPS) is 41.3. The topological polar surface area (TPSA) is 186 Å². The van der Waals surface area contributed by atoms with Gasteiger partial charge in [-0.15, -0.1) is 0 Å². The summed E-state index contributed by atoms with van der Waals surface area (Å²) in [6.07, 6.45) is -7.18. The average molecular weight is 362 g/mol. The van der Waals surface area contributed by atoms with Crippen LogP contribution in [0.3, 0.4) is 0 Å². The van der Waals surface area contributed by atoms with Crippen molar-refractivity contribution in [2.24, 2.45) is 0 Å². The van der Waals surface area contributed by atoms with Gasteiger partial charge in [0.2, 0.25) is 0 Å². The van der Waals surface area contributed by atoms with Crippen molar-refractivity contribution in [2.75, 3.05) is 6.61 Å². The van der Waals surface area contributed by atoms with Gasteiger partial charge in [0.05, 0.1) is 12.7 Å². The van der Waals surface area contributed by atoms with Gasteiger partial charge < -0.3 is 29.8 Å². The Balaban J connectivity index is 2.21. The van der Waals surface area contributed by atoms with E-state index >= 15 is 0 Å². The second kappa shape index (κ2) is 6.07. The largest absolute Gasteiger partial charge is 0.469 e. The van der Waals surface area contributed by atoms with E-state index in [9.17, 15) is 29.5 Å². The molecule has 12 nitrogen and oxygen atoms in total. The lowest BCUT2D eigenvalue weighted by Crippen LogP contribution is -2.70. The van der Waals surface area contributed by atoms with E-state index in [2.05, 4.69) is 4.52 Å². The summed E-state index contributed by atoms with van der Waals surface area (Å²) in [4.78, 5) is 41.4. The van der Waals surface area contributed by atoms with Crippen LogP contribution in [0.15, 0.2) is 0 Å². The molecule has 2 aliphatic rings. The second-order valence-corrected chi connectivity index (χ2v) is 6.26. The number of ether oxygens (including phenoxy) is 1. The SMILES string of the molecule is [3H]C([3H])([3H])C1(O)C(=O)NC(=O)N([C@H]2C[C@H](O)[C@@H](COP(=O)(O)O)O2)C1O. The van der Waals surface area contributed by atoms with Crippen LogP contribution in [-0.4, -0.2) is 78.8 Å². The number of urea groups is 1. The molecule has 2 fully saturated rings. The van der Waals surface area contributed by atoms with Crippen LogP contribution in [-0.2, 0) is 18.6 Å². The zero-order valence-electron chi connectivity index (χ0n) is 14.4. The third-order valence-corrected chi connectivity index (χ3v) is 3.85. The lowest BCUT2D eigenvalue weighted by molar-refractivity contribution is -0.193. The van der Waals surface area contributed by atoms with Crippen LogP contribution in [0.2, 0.25) is 0 Å². The molecule has 3 amide bonds. The smallest absolute Gasteiger partial charge is 0.390 e. The number of aliphatic hydroxyl groups excluding tert-OH is 2. The van der Waals surface area contributed by atoms with Crippen molar-refractivity contribution >= 4 is 19.8 Å². The lowest BCUT2D eigenvalue weighted by Gasteiger charge is -2.42. The molecule has 0 aromatic rings. The molecule has 2 heterocycles. The van der Waals surface area contributed by atoms with E-state index in [-0.39, 0.29) is 0 Å². The molecule has 0 saturated carbocycles. The van der Waals surface area contributed by atoms with Gasteiger partial charge in [-0.3, -0.25) is 19.5 Å². The van der Waals surface area contributed by atoms with Gasteiger partial charge in [-0.1, -0.05) is 0 Å². The monoisotopic (exact) mass is 362 g/mol. The summed E-state index contributed by atoms with van der Waals surface area (Å²) < 4.78 is 41.8. The number of phosphoric acid groups is 1. The van der Waals surface area contributed by atoms with E-state index in [4.69, 9.17) is 18.6 Å². The Morgan fingerprint density at radius 3 is 2.74 bits per heavy atom. The molecule has 2 aliphatic heterocycles. The molecule has 132 valence electrons. The maximum absolute atomic E-state index is 12.0. The van der Waals surface area contributed by atoms with E-state index in [1.54, 1.807) is 5.32 Å². The van der Waals surface area contributed by atoms with E-state index in [1.165, 1.54) is 0 Å². The standard InChI is InChI=1S/C10H17N2O10P/c1-10(17)7(14)11-9(16)12(8(10)15)6-2-4(13)5(22-6)3-21-23(18,19)20/h4-6,8,13,15,17H,2-3H2,1H3,(H,11,14,16)(H2,18,19,20)/t4-,5+,6+,8?,10?/m0/s1/i1T3. The van der Waals surface area contributed by atoms with E-state index in [0.717, 1.165) is 0 Å². The highest BCUT2D eigenvalue weighted by molar-refractivity contribution is 7.46. The Morgan fingerprint density at radius 2 is 2.17 bits per heavy atom. The molecule has 0 radical (unpaired) electrons. The minimum absolute atomic E-state index is 0.314. The third kappa shape index (κ3) is 3.70. The summed E-state index contributed by atoms with van der Waals surface area (Å²) in [7, 11) is -4.86. The van der Waals surface area contributed by atoms with Crippen LogP contribution in [0.5, 0.6) is 0 Å². The highest BCUT2D eigenvalue weighted by atomic mass is 31.2. The molecule has 6 N–H and O–H groups in total. The number of amides is 3. The fourth-order valence-corrected chi connectivity index (χ4v) is 2.52. The molecule has 5 atom stereocenters. The predicted molar refractivity (Wildman–Crippen MR) is 69.3 cm³/mol. The molecule has 2 saturated heterocycles. The maximum atomic E-state index is 12.0.